The Hall–Kier alpha value is -1.38. The summed E-state index contributed by atoms with van der Waals surface area (Å²) in [7, 11) is 0. The van der Waals surface area contributed by atoms with Gasteiger partial charge in [0.05, 0.1) is 0 Å². The normalized spacial score (nSPS) is 9.58. The molecule has 0 N–H and O–H groups in total. The molecule has 0 aliphatic rings. The van der Waals surface area contributed by atoms with Crippen molar-refractivity contribution in [3.05, 3.63) is 23.4 Å². The average molecular weight is 165 g/mol. The zero-order valence-corrected chi connectivity index (χ0v) is 7.42. The standard InChI is InChI=1S/C9H11NO2/c1-6-4-7(2)9(10-5-6)12-8(3)11/h4-5H,1-3H3. The molecule has 1 aromatic heterocycles. The molecule has 64 valence electrons. The van der Waals surface area contributed by atoms with Crippen molar-refractivity contribution in [3.63, 3.8) is 0 Å². The summed E-state index contributed by atoms with van der Waals surface area (Å²) in [5.74, 6) is 0.0579. The first-order chi connectivity index (χ1) is 5.59. The largest absolute Gasteiger partial charge is 0.407 e. The predicted molar refractivity (Wildman–Crippen MR) is 45.0 cm³/mol. The maximum atomic E-state index is 10.6. The Morgan fingerprint density at radius 3 is 2.67 bits per heavy atom. The van der Waals surface area contributed by atoms with Crippen LogP contribution in [0, 0.1) is 13.8 Å². The van der Waals surface area contributed by atoms with Crippen LogP contribution < -0.4 is 4.74 Å². The van der Waals surface area contributed by atoms with Gasteiger partial charge in [0.15, 0.2) is 0 Å². The second-order valence-corrected chi connectivity index (χ2v) is 2.73. The molecule has 12 heavy (non-hydrogen) atoms. The van der Waals surface area contributed by atoms with Crippen molar-refractivity contribution in [3.8, 4) is 5.88 Å². The molecule has 0 saturated heterocycles. The van der Waals surface area contributed by atoms with Gasteiger partial charge in [0, 0.05) is 18.7 Å². The third-order valence-corrected chi connectivity index (χ3v) is 1.41. The van der Waals surface area contributed by atoms with Crippen LogP contribution in [0.15, 0.2) is 12.3 Å². The van der Waals surface area contributed by atoms with E-state index in [0.717, 1.165) is 11.1 Å². The van der Waals surface area contributed by atoms with Crippen LogP contribution in [0.2, 0.25) is 0 Å². The molecule has 0 atom stereocenters. The Labute approximate surface area is 71.4 Å². The second-order valence-electron chi connectivity index (χ2n) is 2.73. The number of aromatic nitrogens is 1. The molecule has 3 heteroatoms. The van der Waals surface area contributed by atoms with E-state index >= 15 is 0 Å². The summed E-state index contributed by atoms with van der Waals surface area (Å²) in [5.41, 5.74) is 1.94. The molecular formula is C9H11NO2. The van der Waals surface area contributed by atoms with Gasteiger partial charge in [0.1, 0.15) is 0 Å². The molecule has 0 fully saturated rings. The van der Waals surface area contributed by atoms with E-state index in [4.69, 9.17) is 4.74 Å². The summed E-state index contributed by atoms with van der Waals surface area (Å²) in [6.45, 7) is 5.16. The number of nitrogens with zero attached hydrogens (tertiary/aromatic N) is 1. The number of rotatable bonds is 1. The number of aryl methyl sites for hydroxylation is 2. The van der Waals surface area contributed by atoms with E-state index in [1.54, 1.807) is 6.20 Å². The first-order valence-corrected chi connectivity index (χ1v) is 3.71. The highest BCUT2D eigenvalue weighted by atomic mass is 16.5. The number of pyridine rings is 1. The van der Waals surface area contributed by atoms with Crippen LogP contribution in [-0.2, 0) is 4.79 Å². The van der Waals surface area contributed by atoms with Gasteiger partial charge in [-0.25, -0.2) is 4.98 Å². The Bertz CT molecular complexity index is 307. The van der Waals surface area contributed by atoms with Crippen LogP contribution in [0.4, 0.5) is 0 Å². The fourth-order valence-corrected chi connectivity index (χ4v) is 0.946. The molecule has 0 amide bonds. The Balaban J connectivity index is 2.93. The number of esters is 1. The van der Waals surface area contributed by atoms with E-state index < -0.39 is 0 Å². The lowest BCUT2D eigenvalue weighted by Gasteiger charge is -2.03. The van der Waals surface area contributed by atoms with Crippen molar-refractivity contribution in [1.82, 2.24) is 4.98 Å². The van der Waals surface area contributed by atoms with Crippen LogP contribution in [0.5, 0.6) is 5.88 Å². The van der Waals surface area contributed by atoms with Crippen LogP contribution in [0.1, 0.15) is 18.1 Å². The van der Waals surface area contributed by atoms with E-state index in [2.05, 4.69) is 4.98 Å². The molecular weight excluding hydrogens is 154 g/mol. The summed E-state index contributed by atoms with van der Waals surface area (Å²) < 4.78 is 4.85. The summed E-state index contributed by atoms with van der Waals surface area (Å²) in [5, 5.41) is 0. The zero-order chi connectivity index (χ0) is 9.14. The first kappa shape index (κ1) is 8.71. The third kappa shape index (κ3) is 2.05. The zero-order valence-electron chi connectivity index (χ0n) is 7.42. The molecule has 0 radical (unpaired) electrons. The minimum Gasteiger partial charge on any atom is -0.407 e. The monoisotopic (exact) mass is 165 g/mol. The van der Waals surface area contributed by atoms with E-state index in [-0.39, 0.29) is 5.97 Å². The molecule has 0 aromatic carbocycles. The van der Waals surface area contributed by atoms with Gasteiger partial charge >= 0.3 is 5.97 Å². The molecule has 0 unspecified atom stereocenters. The van der Waals surface area contributed by atoms with Gasteiger partial charge in [-0.3, -0.25) is 4.79 Å². The number of hydrogen-bond acceptors (Lipinski definition) is 3. The highest BCUT2D eigenvalue weighted by Crippen LogP contribution is 2.14. The van der Waals surface area contributed by atoms with E-state index in [1.165, 1.54) is 6.92 Å². The number of hydrogen-bond donors (Lipinski definition) is 0. The maximum absolute atomic E-state index is 10.6. The lowest BCUT2D eigenvalue weighted by Crippen LogP contribution is -2.04. The van der Waals surface area contributed by atoms with Crippen LogP contribution in [0.3, 0.4) is 0 Å². The fourth-order valence-electron chi connectivity index (χ4n) is 0.946. The van der Waals surface area contributed by atoms with Crippen molar-refractivity contribution in [1.29, 1.82) is 0 Å². The van der Waals surface area contributed by atoms with Crippen molar-refractivity contribution < 1.29 is 9.53 Å². The Morgan fingerprint density at radius 2 is 2.17 bits per heavy atom. The van der Waals surface area contributed by atoms with Gasteiger partial charge in [0.2, 0.25) is 5.88 Å². The van der Waals surface area contributed by atoms with Gasteiger partial charge in [-0.15, -0.1) is 0 Å². The fraction of sp³-hybridized carbons (Fsp3) is 0.333. The summed E-state index contributed by atoms with van der Waals surface area (Å²) in [6.07, 6.45) is 1.67. The SMILES string of the molecule is CC(=O)Oc1ncc(C)cc1C. The van der Waals surface area contributed by atoms with Gasteiger partial charge in [0.25, 0.3) is 0 Å². The molecule has 3 nitrogen and oxygen atoms in total. The van der Waals surface area contributed by atoms with E-state index in [0.29, 0.717) is 5.88 Å². The van der Waals surface area contributed by atoms with Crippen molar-refractivity contribution >= 4 is 5.97 Å². The minimum absolute atomic E-state index is 0.338. The third-order valence-electron chi connectivity index (χ3n) is 1.41. The lowest BCUT2D eigenvalue weighted by atomic mass is 10.2. The minimum atomic E-state index is -0.338. The molecule has 1 heterocycles. The highest BCUT2D eigenvalue weighted by Gasteiger charge is 2.02. The molecule has 0 aliphatic heterocycles. The first-order valence-electron chi connectivity index (χ1n) is 3.71. The predicted octanol–water partition coefficient (Wildman–Crippen LogP) is 1.62. The van der Waals surface area contributed by atoms with Gasteiger partial charge in [-0.1, -0.05) is 0 Å². The van der Waals surface area contributed by atoms with Crippen molar-refractivity contribution in [2.75, 3.05) is 0 Å². The number of carbonyl (C=O) groups excluding carboxylic acids is 1. The van der Waals surface area contributed by atoms with Gasteiger partial charge < -0.3 is 4.74 Å². The Kier molecular flexibility index (Phi) is 2.43. The number of carbonyl (C=O) groups is 1. The van der Waals surface area contributed by atoms with Crippen LogP contribution >= 0.6 is 0 Å². The lowest BCUT2D eigenvalue weighted by molar-refractivity contribution is -0.132. The van der Waals surface area contributed by atoms with Gasteiger partial charge in [-0.05, 0) is 25.5 Å². The molecule has 0 spiro atoms. The van der Waals surface area contributed by atoms with Gasteiger partial charge in [-0.2, -0.15) is 0 Å². The van der Waals surface area contributed by atoms with Crippen LogP contribution in [0.25, 0.3) is 0 Å². The summed E-state index contributed by atoms with van der Waals surface area (Å²) >= 11 is 0. The molecule has 0 bridgehead atoms. The quantitative estimate of drug-likeness (QED) is 0.593. The molecule has 0 aliphatic carbocycles. The smallest absolute Gasteiger partial charge is 0.309 e. The molecule has 1 rings (SSSR count). The number of ether oxygens (including phenoxy) is 1. The second kappa shape index (κ2) is 3.34. The van der Waals surface area contributed by atoms with Crippen molar-refractivity contribution in [2.24, 2.45) is 0 Å². The van der Waals surface area contributed by atoms with E-state index in [1.807, 2.05) is 19.9 Å². The van der Waals surface area contributed by atoms with Crippen LogP contribution in [-0.4, -0.2) is 11.0 Å². The average Bonchev–Trinajstić information content (AvgIpc) is 1.94. The Morgan fingerprint density at radius 1 is 1.50 bits per heavy atom. The molecule has 1 aromatic rings. The maximum Gasteiger partial charge on any atom is 0.309 e. The van der Waals surface area contributed by atoms with Crippen molar-refractivity contribution in [2.45, 2.75) is 20.8 Å². The summed E-state index contributed by atoms with van der Waals surface area (Å²) in [4.78, 5) is 14.6. The topological polar surface area (TPSA) is 39.2 Å². The highest BCUT2D eigenvalue weighted by molar-refractivity contribution is 5.69. The van der Waals surface area contributed by atoms with E-state index in [9.17, 15) is 4.79 Å². The molecule has 0 saturated carbocycles. The summed E-state index contributed by atoms with van der Waals surface area (Å²) in [6, 6.07) is 1.92.